The third-order valence-electron chi connectivity index (χ3n) is 3.58. The molecule has 0 radical (unpaired) electrons. The predicted molar refractivity (Wildman–Crippen MR) is 75.6 cm³/mol. The van der Waals surface area contributed by atoms with Crippen LogP contribution in [-0.4, -0.2) is 18.9 Å². The topological polar surface area (TPSA) is 29.1 Å². The number of hydrogen-bond donors (Lipinski definition) is 1. The largest absolute Gasteiger partial charge is 0.316 e. The Bertz CT molecular complexity index is 396. The molecule has 1 aliphatic heterocycles. The van der Waals surface area contributed by atoms with E-state index in [0.717, 1.165) is 41.7 Å². The van der Waals surface area contributed by atoms with Crippen molar-refractivity contribution >= 4 is 33.0 Å². The zero-order chi connectivity index (χ0) is 12.3. The molecule has 1 fully saturated rings. The Balaban J connectivity index is 2.10. The van der Waals surface area contributed by atoms with E-state index in [2.05, 4.69) is 28.2 Å². The molecule has 1 N–H and O–H groups in total. The third-order valence-corrected chi connectivity index (χ3v) is 5.50. The Hall–Kier alpha value is -0.190. The van der Waals surface area contributed by atoms with Crippen molar-refractivity contribution in [1.29, 1.82) is 0 Å². The van der Waals surface area contributed by atoms with Gasteiger partial charge in [0.2, 0.25) is 0 Å². The summed E-state index contributed by atoms with van der Waals surface area (Å²) in [5.41, 5.74) is -0.0990. The van der Waals surface area contributed by atoms with Crippen LogP contribution in [0.2, 0.25) is 0 Å². The fraction of sp³-hybridized carbons (Fsp3) is 0.615. The molecule has 2 nitrogen and oxygen atoms in total. The van der Waals surface area contributed by atoms with Crippen LogP contribution in [0.15, 0.2) is 15.9 Å². The van der Waals surface area contributed by atoms with Crippen molar-refractivity contribution in [1.82, 2.24) is 5.32 Å². The number of halogens is 1. The van der Waals surface area contributed by atoms with Crippen LogP contribution < -0.4 is 5.32 Å². The van der Waals surface area contributed by atoms with E-state index in [9.17, 15) is 4.79 Å². The first-order valence-electron chi connectivity index (χ1n) is 6.14. The van der Waals surface area contributed by atoms with Crippen LogP contribution in [0.1, 0.15) is 31.1 Å². The molecule has 0 bridgehead atoms. The van der Waals surface area contributed by atoms with Gasteiger partial charge in [-0.05, 0) is 46.8 Å². The van der Waals surface area contributed by atoms with Crippen LogP contribution in [-0.2, 0) is 11.2 Å². The van der Waals surface area contributed by atoms with Crippen LogP contribution in [0, 0.1) is 5.41 Å². The maximum Gasteiger partial charge on any atom is 0.145 e. The molecule has 0 aromatic carbocycles. The van der Waals surface area contributed by atoms with E-state index in [1.807, 2.05) is 11.4 Å². The molecule has 1 unspecified atom stereocenters. The van der Waals surface area contributed by atoms with Gasteiger partial charge in [-0.2, -0.15) is 0 Å². The SMILES string of the molecule is CCCC1(C(=O)Cc2sccc2Br)CCNC1. The first-order chi connectivity index (χ1) is 8.18. The molecule has 94 valence electrons. The minimum absolute atomic E-state index is 0.0990. The Morgan fingerprint density at radius 2 is 2.47 bits per heavy atom. The van der Waals surface area contributed by atoms with Crippen molar-refractivity contribution in [2.75, 3.05) is 13.1 Å². The molecule has 0 saturated carbocycles. The van der Waals surface area contributed by atoms with Gasteiger partial charge in [-0.15, -0.1) is 11.3 Å². The van der Waals surface area contributed by atoms with Crippen molar-refractivity contribution in [2.45, 2.75) is 32.6 Å². The summed E-state index contributed by atoms with van der Waals surface area (Å²) in [4.78, 5) is 13.7. The van der Waals surface area contributed by atoms with E-state index in [1.54, 1.807) is 11.3 Å². The number of hydrogen-bond acceptors (Lipinski definition) is 3. The second-order valence-corrected chi connectivity index (χ2v) is 6.60. The van der Waals surface area contributed by atoms with Crippen LogP contribution >= 0.6 is 27.3 Å². The van der Waals surface area contributed by atoms with Crippen LogP contribution in [0.5, 0.6) is 0 Å². The lowest BCUT2D eigenvalue weighted by Gasteiger charge is -2.26. The summed E-state index contributed by atoms with van der Waals surface area (Å²) in [6.07, 6.45) is 3.68. The molecule has 1 aromatic heterocycles. The number of nitrogens with one attached hydrogen (secondary N) is 1. The Morgan fingerprint density at radius 1 is 1.65 bits per heavy atom. The first kappa shape index (κ1) is 13.2. The number of Topliss-reactive ketones (excluding diaryl/α,β-unsaturated/α-hetero) is 1. The zero-order valence-electron chi connectivity index (χ0n) is 10.1. The number of rotatable bonds is 5. The number of carbonyl (C=O) groups is 1. The molecular formula is C13H18BrNOS. The summed E-state index contributed by atoms with van der Waals surface area (Å²) in [5.74, 6) is 0.410. The average molecular weight is 316 g/mol. The lowest BCUT2D eigenvalue weighted by atomic mass is 9.77. The highest BCUT2D eigenvalue weighted by molar-refractivity contribution is 9.10. The Morgan fingerprint density at radius 3 is 3.00 bits per heavy atom. The molecular weight excluding hydrogens is 298 g/mol. The molecule has 17 heavy (non-hydrogen) atoms. The van der Waals surface area contributed by atoms with E-state index in [4.69, 9.17) is 0 Å². The maximum atomic E-state index is 12.5. The Kier molecular flexibility index (Phi) is 4.39. The molecule has 1 atom stereocenters. The summed E-state index contributed by atoms with van der Waals surface area (Å²) in [7, 11) is 0. The second kappa shape index (κ2) is 5.63. The highest BCUT2D eigenvalue weighted by atomic mass is 79.9. The molecule has 1 saturated heterocycles. The van der Waals surface area contributed by atoms with Gasteiger partial charge in [0.25, 0.3) is 0 Å². The molecule has 1 aliphatic rings. The van der Waals surface area contributed by atoms with Crippen LogP contribution in [0.25, 0.3) is 0 Å². The molecule has 0 aliphatic carbocycles. The van der Waals surface area contributed by atoms with Crippen molar-refractivity contribution < 1.29 is 4.79 Å². The first-order valence-corrected chi connectivity index (χ1v) is 7.81. The maximum absolute atomic E-state index is 12.5. The van der Waals surface area contributed by atoms with E-state index in [0.29, 0.717) is 12.2 Å². The monoisotopic (exact) mass is 315 g/mol. The zero-order valence-corrected chi connectivity index (χ0v) is 12.5. The highest BCUT2D eigenvalue weighted by Crippen LogP contribution is 2.35. The predicted octanol–water partition coefficient (Wildman–Crippen LogP) is 3.40. The van der Waals surface area contributed by atoms with Gasteiger partial charge in [-0.25, -0.2) is 0 Å². The minimum atomic E-state index is -0.0990. The van der Waals surface area contributed by atoms with E-state index < -0.39 is 0 Å². The van der Waals surface area contributed by atoms with Gasteiger partial charge in [0, 0.05) is 27.7 Å². The van der Waals surface area contributed by atoms with E-state index in [1.165, 1.54) is 0 Å². The van der Waals surface area contributed by atoms with Gasteiger partial charge in [-0.1, -0.05) is 13.3 Å². The third kappa shape index (κ3) is 2.80. The molecule has 0 amide bonds. The summed E-state index contributed by atoms with van der Waals surface area (Å²) in [5, 5.41) is 5.38. The van der Waals surface area contributed by atoms with Gasteiger partial charge >= 0.3 is 0 Å². The Labute approximate surface area is 115 Å². The quantitative estimate of drug-likeness (QED) is 0.902. The summed E-state index contributed by atoms with van der Waals surface area (Å²) < 4.78 is 1.08. The van der Waals surface area contributed by atoms with Crippen molar-refractivity contribution in [2.24, 2.45) is 5.41 Å². The van der Waals surface area contributed by atoms with E-state index >= 15 is 0 Å². The smallest absolute Gasteiger partial charge is 0.145 e. The van der Waals surface area contributed by atoms with Gasteiger partial charge in [0.15, 0.2) is 0 Å². The van der Waals surface area contributed by atoms with Crippen molar-refractivity contribution in [3.05, 3.63) is 20.8 Å². The van der Waals surface area contributed by atoms with Crippen LogP contribution in [0.3, 0.4) is 0 Å². The lowest BCUT2D eigenvalue weighted by Crippen LogP contribution is -2.34. The van der Waals surface area contributed by atoms with Crippen molar-refractivity contribution in [3.8, 4) is 0 Å². The lowest BCUT2D eigenvalue weighted by molar-refractivity contribution is -0.127. The summed E-state index contributed by atoms with van der Waals surface area (Å²) in [6, 6.07) is 2.02. The average Bonchev–Trinajstić information content (AvgIpc) is 2.91. The highest BCUT2D eigenvalue weighted by Gasteiger charge is 2.39. The van der Waals surface area contributed by atoms with Gasteiger partial charge in [0.05, 0.1) is 0 Å². The second-order valence-electron chi connectivity index (χ2n) is 4.75. The molecule has 0 spiro atoms. The molecule has 1 aromatic rings. The summed E-state index contributed by atoms with van der Waals surface area (Å²) >= 11 is 5.17. The summed E-state index contributed by atoms with van der Waals surface area (Å²) in [6.45, 7) is 4.01. The standard InChI is InChI=1S/C13H18BrNOS/c1-2-4-13(5-6-15-9-13)12(16)8-11-10(14)3-7-17-11/h3,7,15H,2,4-6,8-9H2,1H3. The number of carbonyl (C=O) groups excluding carboxylic acids is 1. The minimum Gasteiger partial charge on any atom is -0.316 e. The number of ketones is 1. The van der Waals surface area contributed by atoms with Crippen molar-refractivity contribution in [3.63, 3.8) is 0 Å². The molecule has 2 heterocycles. The molecule has 2 rings (SSSR count). The van der Waals surface area contributed by atoms with E-state index in [-0.39, 0.29) is 5.41 Å². The van der Waals surface area contributed by atoms with Crippen LogP contribution in [0.4, 0.5) is 0 Å². The fourth-order valence-corrected chi connectivity index (χ4v) is 4.09. The molecule has 4 heteroatoms. The van der Waals surface area contributed by atoms with Gasteiger partial charge < -0.3 is 5.32 Å². The normalized spacial score (nSPS) is 24.1. The van der Waals surface area contributed by atoms with Gasteiger partial charge in [0.1, 0.15) is 5.78 Å². The van der Waals surface area contributed by atoms with Gasteiger partial charge in [-0.3, -0.25) is 4.79 Å². The number of thiophene rings is 1. The fourth-order valence-electron chi connectivity index (χ4n) is 2.60.